The summed E-state index contributed by atoms with van der Waals surface area (Å²) >= 11 is 0. The van der Waals surface area contributed by atoms with Crippen molar-refractivity contribution in [2.45, 2.75) is 25.5 Å². The highest BCUT2D eigenvalue weighted by atomic mass is 16.5. The van der Waals surface area contributed by atoms with Gasteiger partial charge in [0.05, 0.1) is 12.6 Å². The molecule has 0 saturated carbocycles. The first-order valence-corrected chi connectivity index (χ1v) is 11.5. The zero-order chi connectivity index (χ0) is 23.6. The minimum Gasteiger partial charge on any atom is -0.491 e. The predicted molar refractivity (Wildman–Crippen MR) is 132 cm³/mol. The molecule has 1 saturated heterocycles. The first-order chi connectivity index (χ1) is 16.7. The van der Waals surface area contributed by atoms with Gasteiger partial charge in [0.25, 0.3) is 5.91 Å². The highest BCUT2D eigenvalue weighted by Gasteiger charge is 2.16. The molecule has 7 heteroatoms. The molecule has 0 radical (unpaired) electrons. The van der Waals surface area contributed by atoms with Gasteiger partial charge in [-0.05, 0) is 60.9 Å². The second-order valence-corrected chi connectivity index (χ2v) is 8.12. The van der Waals surface area contributed by atoms with E-state index in [1.807, 2.05) is 48.5 Å². The molecule has 3 N–H and O–H groups in total. The average Bonchev–Trinajstić information content (AvgIpc) is 3.40. The molecule has 1 atom stereocenters. The van der Waals surface area contributed by atoms with Crippen molar-refractivity contribution in [3.63, 3.8) is 0 Å². The molecule has 2 amide bonds. The van der Waals surface area contributed by atoms with Crippen LogP contribution in [-0.4, -0.2) is 37.7 Å². The molecule has 1 heterocycles. The quantitative estimate of drug-likeness (QED) is 0.422. The van der Waals surface area contributed by atoms with Crippen LogP contribution in [0.15, 0.2) is 78.9 Å². The lowest BCUT2D eigenvalue weighted by atomic mass is 10.1. The van der Waals surface area contributed by atoms with Gasteiger partial charge in [0.1, 0.15) is 12.4 Å². The Hall–Kier alpha value is -3.84. The van der Waals surface area contributed by atoms with E-state index in [1.54, 1.807) is 30.3 Å². The molecule has 3 aromatic rings. The van der Waals surface area contributed by atoms with Crippen LogP contribution in [0.1, 0.15) is 28.8 Å². The van der Waals surface area contributed by atoms with E-state index in [1.165, 1.54) is 0 Å². The Bertz CT molecular complexity index is 1080. The summed E-state index contributed by atoms with van der Waals surface area (Å²) in [5, 5.41) is 8.82. The molecule has 0 aromatic heterocycles. The molecule has 1 aliphatic heterocycles. The molecule has 34 heavy (non-hydrogen) atoms. The zero-order valence-electron chi connectivity index (χ0n) is 19.0. The second-order valence-electron chi connectivity index (χ2n) is 8.12. The summed E-state index contributed by atoms with van der Waals surface area (Å²) in [6.07, 6.45) is 2.28. The van der Waals surface area contributed by atoms with Gasteiger partial charge in [-0.1, -0.05) is 36.4 Å². The van der Waals surface area contributed by atoms with Crippen LogP contribution in [0.25, 0.3) is 0 Å². The Kier molecular flexibility index (Phi) is 8.13. The molecule has 4 rings (SSSR count). The summed E-state index contributed by atoms with van der Waals surface area (Å²) in [5.74, 6) is 0.389. The van der Waals surface area contributed by atoms with E-state index in [4.69, 9.17) is 9.47 Å². The van der Waals surface area contributed by atoms with E-state index >= 15 is 0 Å². The Balaban J connectivity index is 1.21. The maximum Gasteiger partial charge on any atom is 0.251 e. The van der Waals surface area contributed by atoms with E-state index in [2.05, 4.69) is 16.0 Å². The standard InChI is InChI=1S/C27H29N3O4/c31-26(30-22-11-13-24(14-12-22)34-19-25-10-5-15-33-25)18-28-23-9-4-8-21(16-23)27(32)29-17-20-6-2-1-3-7-20/h1-4,6-9,11-14,16,25,28H,5,10,15,17-19H2,(H,29,32)(H,30,31). The smallest absolute Gasteiger partial charge is 0.251 e. The fourth-order valence-electron chi connectivity index (χ4n) is 3.64. The first kappa shape index (κ1) is 23.3. The van der Waals surface area contributed by atoms with Gasteiger partial charge in [-0.25, -0.2) is 0 Å². The topological polar surface area (TPSA) is 88.7 Å². The minimum absolute atomic E-state index is 0.0758. The largest absolute Gasteiger partial charge is 0.491 e. The third-order valence-corrected chi connectivity index (χ3v) is 5.47. The number of rotatable bonds is 10. The van der Waals surface area contributed by atoms with Crippen molar-refractivity contribution in [3.05, 3.63) is 90.0 Å². The van der Waals surface area contributed by atoms with Crippen LogP contribution in [0.2, 0.25) is 0 Å². The van der Waals surface area contributed by atoms with Crippen LogP contribution in [0.3, 0.4) is 0 Å². The number of carbonyl (C=O) groups is 2. The molecule has 1 fully saturated rings. The van der Waals surface area contributed by atoms with Gasteiger partial charge < -0.3 is 25.4 Å². The number of nitrogens with one attached hydrogen (secondary N) is 3. The van der Waals surface area contributed by atoms with E-state index in [0.717, 1.165) is 30.8 Å². The third kappa shape index (κ3) is 7.08. The summed E-state index contributed by atoms with van der Waals surface area (Å²) in [6, 6.07) is 24.1. The molecular formula is C27H29N3O4. The van der Waals surface area contributed by atoms with E-state index in [-0.39, 0.29) is 24.5 Å². The lowest BCUT2D eigenvalue weighted by Gasteiger charge is -2.12. The maximum atomic E-state index is 12.5. The predicted octanol–water partition coefficient (Wildman–Crippen LogP) is 4.23. The van der Waals surface area contributed by atoms with E-state index < -0.39 is 0 Å². The Labute approximate surface area is 199 Å². The van der Waals surface area contributed by atoms with Crippen LogP contribution < -0.4 is 20.7 Å². The summed E-state index contributed by atoms with van der Waals surface area (Å²) < 4.78 is 11.3. The fraction of sp³-hybridized carbons (Fsp3) is 0.259. The number of hydrogen-bond acceptors (Lipinski definition) is 5. The SMILES string of the molecule is O=C(CNc1cccc(C(=O)NCc2ccccc2)c1)Nc1ccc(OCC2CCCO2)cc1. The molecule has 0 bridgehead atoms. The minimum atomic E-state index is -0.188. The zero-order valence-corrected chi connectivity index (χ0v) is 19.0. The van der Waals surface area contributed by atoms with Gasteiger partial charge in [0, 0.05) is 30.1 Å². The van der Waals surface area contributed by atoms with Crippen LogP contribution in [0, 0.1) is 0 Å². The number of ether oxygens (including phenoxy) is 2. The molecular weight excluding hydrogens is 430 g/mol. The molecule has 1 unspecified atom stereocenters. The summed E-state index contributed by atoms with van der Waals surface area (Å²) in [4.78, 5) is 24.8. The first-order valence-electron chi connectivity index (χ1n) is 11.5. The molecule has 3 aromatic carbocycles. The molecule has 0 aliphatic carbocycles. The van der Waals surface area contributed by atoms with Crippen molar-refractivity contribution >= 4 is 23.2 Å². The summed E-state index contributed by atoms with van der Waals surface area (Å²) in [6.45, 7) is 1.88. The van der Waals surface area contributed by atoms with Crippen molar-refractivity contribution < 1.29 is 19.1 Å². The summed E-state index contributed by atoms with van der Waals surface area (Å²) in [7, 11) is 0. The van der Waals surface area contributed by atoms with Crippen LogP contribution in [0.4, 0.5) is 11.4 Å². The highest BCUT2D eigenvalue weighted by molar-refractivity contribution is 5.96. The Morgan fingerprint density at radius 3 is 2.53 bits per heavy atom. The summed E-state index contributed by atoms with van der Waals surface area (Å²) in [5.41, 5.74) is 2.94. The average molecular weight is 460 g/mol. The van der Waals surface area contributed by atoms with Gasteiger partial charge in [-0.15, -0.1) is 0 Å². The Morgan fingerprint density at radius 1 is 0.941 bits per heavy atom. The molecule has 0 spiro atoms. The second kappa shape index (κ2) is 11.9. The van der Waals surface area contributed by atoms with Crippen molar-refractivity contribution in [2.24, 2.45) is 0 Å². The lowest BCUT2D eigenvalue weighted by Crippen LogP contribution is -2.23. The highest BCUT2D eigenvalue weighted by Crippen LogP contribution is 2.18. The van der Waals surface area contributed by atoms with Crippen molar-refractivity contribution in [1.82, 2.24) is 5.32 Å². The van der Waals surface area contributed by atoms with E-state index in [0.29, 0.717) is 30.1 Å². The fourth-order valence-corrected chi connectivity index (χ4v) is 3.64. The normalized spacial score (nSPS) is 14.9. The van der Waals surface area contributed by atoms with Crippen LogP contribution >= 0.6 is 0 Å². The Morgan fingerprint density at radius 2 is 1.76 bits per heavy atom. The molecule has 7 nitrogen and oxygen atoms in total. The van der Waals surface area contributed by atoms with Crippen LogP contribution in [0.5, 0.6) is 5.75 Å². The molecule has 176 valence electrons. The van der Waals surface area contributed by atoms with Crippen molar-refractivity contribution in [3.8, 4) is 5.75 Å². The molecule has 1 aliphatic rings. The van der Waals surface area contributed by atoms with Gasteiger partial charge in [0.15, 0.2) is 0 Å². The number of carbonyl (C=O) groups excluding carboxylic acids is 2. The van der Waals surface area contributed by atoms with Gasteiger partial charge in [-0.3, -0.25) is 9.59 Å². The maximum absolute atomic E-state index is 12.5. The van der Waals surface area contributed by atoms with E-state index in [9.17, 15) is 9.59 Å². The lowest BCUT2D eigenvalue weighted by molar-refractivity contribution is -0.114. The number of hydrogen-bond donors (Lipinski definition) is 3. The third-order valence-electron chi connectivity index (χ3n) is 5.47. The van der Waals surface area contributed by atoms with Crippen molar-refractivity contribution in [2.75, 3.05) is 30.4 Å². The van der Waals surface area contributed by atoms with Gasteiger partial charge in [-0.2, -0.15) is 0 Å². The number of benzene rings is 3. The van der Waals surface area contributed by atoms with Gasteiger partial charge in [0.2, 0.25) is 5.91 Å². The van der Waals surface area contributed by atoms with Crippen LogP contribution in [-0.2, 0) is 16.1 Å². The number of amides is 2. The monoisotopic (exact) mass is 459 g/mol. The van der Waals surface area contributed by atoms with Gasteiger partial charge >= 0.3 is 0 Å². The number of anilines is 2. The van der Waals surface area contributed by atoms with Crippen molar-refractivity contribution in [1.29, 1.82) is 0 Å².